The maximum Gasteiger partial charge on any atom is 0.390 e. The lowest BCUT2D eigenvalue weighted by atomic mass is 10.2. The topological polar surface area (TPSA) is 20.3 Å². The molecule has 0 N–H and O–H groups in total. The first-order valence-corrected chi connectivity index (χ1v) is 6.15. The van der Waals surface area contributed by atoms with Gasteiger partial charge in [0.15, 0.2) is 0 Å². The van der Waals surface area contributed by atoms with Gasteiger partial charge in [0.05, 0.1) is 12.0 Å². The van der Waals surface area contributed by atoms with Crippen molar-refractivity contribution in [2.75, 3.05) is 13.6 Å². The number of alkyl halides is 3. The summed E-state index contributed by atoms with van der Waals surface area (Å²) in [4.78, 5) is 12.9. The Balaban J connectivity index is 2.74. The van der Waals surface area contributed by atoms with E-state index in [1.807, 2.05) is 0 Å². The average molecular weight is 345 g/mol. The molecule has 0 aliphatic heterocycles. The Morgan fingerprint density at radius 2 is 2.06 bits per heavy atom. The van der Waals surface area contributed by atoms with Gasteiger partial charge in [-0.15, -0.1) is 0 Å². The zero-order valence-electron chi connectivity index (χ0n) is 9.39. The standard InChI is InChI=1S/C11H10BrClF3NO/c1-17(5-4-11(14,15)16)10(18)8-3-2-7(13)6-9(8)12/h2-3,6H,4-5H2,1H3. The number of nitrogens with zero attached hydrogens (tertiary/aromatic N) is 1. The molecule has 0 aliphatic rings. The van der Waals surface area contributed by atoms with Crippen LogP contribution in [-0.4, -0.2) is 30.6 Å². The fourth-order valence-electron chi connectivity index (χ4n) is 1.26. The first kappa shape index (κ1) is 15.3. The monoisotopic (exact) mass is 343 g/mol. The molecule has 0 unspecified atom stereocenters. The smallest absolute Gasteiger partial charge is 0.341 e. The molecule has 2 nitrogen and oxygen atoms in total. The van der Waals surface area contributed by atoms with Crippen LogP contribution in [0, 0.1) is 0 Å². The summed E-state index contributed by atoms with van der Waals surface area (Å²) >= 11 is 8.87. The molecule has 7 heteroatoms. The minimum Gasteiger partial charge on any atom is -0.341 e. The van der Waals surface area contributed by atoms with Crippen LogP contribution in [0.1, 0.15) is 16.8 Å². The molecule has 0 heterocycles. The van der Waals surface area contributed by atoms with E-state index in [1.54, 1.807) is 0 Å². The predicted molar refractivity (Wildman–Crippen MR) is 66.8 cm³/mol. The quantitative estimate of drug-likeness (QED) is 0.807. The lowest BCUT2D eigenvalue weighted by Gasteiger charge is -2.18. The van der Waals surface area contributed by atoms with Crippen LogP contribution in [0.3, 0.4) is 0 Å². The van der Waals surface area contributed by atoms with E-state index in [0.29, 0.717) is 9.50 Å². The Labute approximate surface area is 116 Å². The van der Waals surface area contributed by atoms with Gasteiger partial charge in [0, 0.05) is 23.1 Å². The lowest BCUT2D eigenvalue weighted by molar-refractivity contribution is -0.136. The van der Waals surface area contributed by atoms with Crippen LogP contribution in [0.25, 0.3) is 0 Å². The molecule has 0 radical (unpaired) electrons. The summed E-state index contributed by atoms with van der Waals surface area (Å²) in [6, 6.07) is 4.50. The summed E-state index contributed by atoms with van der Waals surface area (Å²) in [6.07, 6.45) is -5.30. The molecule has 1 aromatic carbocycles. The van der Waals surface area contributed by atoms with E-state index in [4.69, 9.17) is 11.6 Å². The molecular weight excluding hydrogens is 334 g/mol. The van der Waals surface area contributed by atoms with Gasteiger partial charge in [-0.25, -0.2) is 0 Å². The molecule has 0 saturated heterocycles. The number of amides is 1. The number of hydrogen-bond acceptors (Lipinski definition) is 1. The number of hydrogen-bond donors (Lipinski definition) is 0. The van der Waals surface area contributed by atoms with Gasteiger partial charge in [-0.05, 0) is 34.1 Å². The Hall–Kier alpha value is -0.750. The van der Waals surface area contributed by atoms with Crippen molar-refractivity contribution in [3.8, 4) is 0 Å². The van der Waals surface area contributed by atoms with E-state index < -0.39 is 18.5 Å². The summed E-state index contributed by atoms with van der Waals surface area (Å²) < 4.78 is 36.6. The lowest BCUT2D eigenvalue weighted by Crippen LogP contribution is -2.30. The zero-order chi connectivity index (χ0) is 13.9. The summed E-state index contributed by atoms with van der Waals surface area (Å²) in [6.45, 7) is -0.378. The van der Waals surface area contributed by atoms with E-state index in [1.165, 1.54) is 25.2 Å². The van der Waals surface area contributed by atoms with Crippen molar-refractivity contribution < 1.29 is 18.0 Å². The van der Waals surface area contributed by atoms with E-state index in [2.05, 4.69) is 15.9 Å². The minimum absolute atomic E-state index is 0.282. The van der Waals surface area contributed by atoms with Crippen molar-refractivity contribution in [3.63, 3.8) is 0 Å². The molecule has 0 aromatic heterocycles. The average Bonchev–Trinajstić information content (AvgIpc) is 2.24. The van der Waals surface area contributed by atoms with Crippen molar-refractivity contribution >= 4 is 33.4 Å². The van der Waals surface area contributed by atoms with Gasteiger partial charge in [0.25, 0.3) is 5.91 Å². The molecule has 1 aromatic rings. The van der Waals surface area contributed by atoms with E-state index in [-0.39, 0.29) is 12.1 Å². The van der Waals surface area contributed by atoms with Crippen LogP contribution < -0.4 is 0 Å². The summed E-state index contributed by atoms with van der Waals surface area (Å²) in [7, 11) is 1.33. The Morgan fingerprint density at radius 3 is 2.56 bits per heavy atom. The van der Waals surface area contributed by atoms with Gasteiger partial charge in [0.1, 0.15) is 0 Å². The summed E-state index contributed by atoms with van der Waals surface area (Å²) in [5.74, 6) is -0.484. The highest BCUT2D eigenvalue weighted by Crippen LogP contribution is 2.24. The van der Waals surface area contributed by atoms with E-state index >= 15 is 0 Å². The molecule has 1 amide bonds. The second-order valence-corrected chi connectivity index (χ2v) is 5.01. The van der Waals surface area contributed by atoms with Gasteiger partial charge in [-0.3, -0.25) is 4.79 Å². The predicted octanol–water partition coefficient (Wildman–Crippen LogP) is 4.13. The molecule has 100 valence electrons. The number of halogens is 5. The molecule has 1 rings (SSSR count). The minimum atomic E-state index is -4.27. The number of benzene rings is 1. The third kappa shape index (κ3) is 4.49. The number of carbonyl (C=O) groups excluding carboxylic acids is 1. The van der Waals surface area contributed by atoms with Crippen molar-refractivity contribution in [1.29, 1.82) is 0 Å². The maximum atomic E-state index is 12.0. The molecule has 0 spiro atoms. The second-order valence-electron chi connectivity index (χ2n) is 3.72. The Kier molecular flexibility index (Phi) is 5.04. The number of carbonyl (C=O) groups is 1. The van der Waals surface area contributed by atoms with Gasteiger partial charge < -0.3 is 4.90 Å². The van der Waals surface area contributed by atoms with Crippen molar-refractivity contribution in [1.82, 2.24) is 4.90 Å². The first-order chi connectivity index (χ1) is 8.20. The fourth-order valence-corrected chi connectivity index (χ4v) is 2.12. The van der Waals surface area contributed by atoms with Gasteiger partial charge in [0.2, 0.25) is 0 Å². The van der Waals surface area contributed by atoms with Gasteiger partial charge >= 0.3 is 6.18 Å². The molecule has 0 fully saturated rings. The van der Waals surface area contributed by atoms with E-state index in [9.17, 15) is 18.0 Å². The van der Waals surface area contributed by atoms with Crippen LogP contribution in [0.15, 0.2) is 22.7 Å². The van der Waals surface area contributed by atoms with Crippen molar-refractivity contribution in [3.05, 3.63) is 33.3 Å². The van der Waals surface area contributed by atoms with E-state index in [0.717, 1.165) is 4.90 Å². The third-order valence-electron chi connectivity index (χ3n) is 2.24. The largest absolute Gasteiger partial charge is 0.390 e. The normalized spacial score (nSPS) is 11.4. The SMILES string of the molecule is CN(CCC(F)(F)F)C(=O)c1ccc(Cl)cc1Br. The van der Waals surface area contributed by atoms with Crippen LogP contribution in [0.4, 0.5) is 13.2 Å². The van der Waals surface area contributed by atoms with Crippen LogP contribution in [0.2, 0.25) is 5.02 Å². The highest BCUT2D eigenvalue weighted by Gasteiger charge is 2.28. The zero-order valence-corrected chi connectivity index (χ0v) is 11.7. The maximum absolute atomic E-state index is 12.0. The number of rotatable bonds is 3. The van der Waals surface area contributed by atoms with Gasteiger partial charge in [-0.2, -0.15) is 13.2 Å². The Morgan fingerprint density at radius 1 is 1.44 bits per heavy atom. The molecule has 0 aliphatic carbocycles. The molecule has 18 heavy (non-hydrogen) atoms. The molecular formula is C11H10BrClF3NO. The molecule has 0 saturated carbocycles. The van der Waals surface area contributed by atoms with Crippen LogP contribution in [-0.2, 0) is 0 Å². The van der Waals surface area contributed by atoms with Gasteiger partial charge in [-0.1, -0.05) is 11.6 Å². The molecule has 0 bridgehead atoms. The Bertz CT molecular complexity index is 450. The fraction of sp³-hybridized carbons (Fsp3) is 0.364. The second kappa shape index (κ2) is 5.93. The van der Waals surface area contributed by atoms with Crippen LogP contribution >= 0.6 is 27.5 Å². The molecule has 0 atom stereocenters. The third-order valence-corrected chi connectivity index (χ3v) is 3.13. The first-order valence-electron chi connectivity index (χ1n) is 4.98. The van der Waals surface area contributed by atoms with Crippen molar-refractivity contribution in [2.45, 2.75) is 12.6 Å². The van der Waals surface area contributed by atoms with Crippen LogP contribution in [0.5, 0.6) is 0 Å². The summed E-state index contributed by atoms with van der Waals surface area (Å²) in [5, 5.41) is 0.441. The highest BCUT2D eigenvalue weighted by molar-refractivity contribution is 9.10. The summed E-state index contributed by atoms with van der Waals surface area (Å²) in [5.41, 5.74) is 0.282. The highest BCUT2D eigenvalue weighted by atomic mass is 79.9. The van der Waals surface area contributed by atoms with Crippen molar-refractivity contribution in [2.24, 2.45) is 0 Å².